The summed E-state index contributed by atoms with van der Waals surface area (Å²) in [6.45, 7) is 0. The third-order valence-corrected chi connectivity index (χ3v) is 3.50. The summed E-state index contributed by atoms with van der Waals surface area (Å²) >= 11 is 5.30. The van der Waals surface area contributed by atoms with Gasteiger partial charge in [-0.2, -0.15) is 13.2 Å². The van der Waals surface area contributed by atoms with E-state index in [1.807, 2.05) is 0 Å². The lowest BCUT2D eigenvalue weighted by molar-refractivity contribution is -0.133. The van der Waals surface area contributed by atoms with Crippen LogP contribution >= 0.6 is 23.6 Å². The van der Waals surface area contributed by atoms with Crippen molar-refractivity contribution < 1.29 is 13.2 Å². The average Bonchev–Trinajstić information content (AvgIpc) is 2.72. The molecule has 0 bridgehead atoms. The zero-order valence-corrected chi connectivity index (χ0v) is 11.1. The van der Waals surface area contributed by atoms with Gasteiger partial charge in [0, 0.05) is 10.9 Å². The van der Waals surface area contributed by atoms with E-state index in [1.54, 1.807) is 30.3 Å². The maximum Gasteiger partial charge on any atom is 0.426 e. The minimum atomic E-state index is -4.41. The molecule has 0 radical (unpaired) electrons. The third kappa shape index (κ3) is 3.05. The number of hydrogen-bond acceptors (Lipinski definition) is 2. The van der Waals surface area contributed by atoms with E-state index in [0.29, 0.717) is 16.9 Å². The zero-order chi connectivity index (χ0) is 14.0. The maximum atomic E-state index is 13.0. The first-order valence-electron chi connectivity index (χ1n) is 5.20. The van der Waals surface area contributed by atoms with Crippen LogP contribution in [0.15, 0.2) is 35.7 Å². The van der Waals surface area contributed by atoms with Gasteiger partial charge < -0.3 is 11.1 Å². The van der Waals surface area contributed by atoms with Crippen LogP contribution in [0.5, 0.6) is 0 Å². The number of halogens is 3. The summed E-state index contributed by atoms with van der Waals surface area (Å²) in [6.07, 6.45) is -4.41. The van der Waals surface area contributed by atoms with E-state index >= 15 is 0 Å². The monoisotopic (exact) mass is 302 g/mol. The molecule has 0 saturated heterocycles. The van der Waals surface area contributed by atoms with Gasteiger partial charge in [0.1, 0.15) is 4.88 Å². The first-order chi connectivity index (χ1) is 8.89. The first-order valence-corrected chi connectivity index (χ1v) is 6.49. The van der Waals surface area contributed by atoms with E-state index in [4.69, 9.17) is 5.73 Å². The molecular weight excluding hydrogens is 293 g/mol. The summed E-state index contributed by atoms with van der Waals surface area (Å²) in [6, 6.07) is 8.32. The van der Waals surface area contributed by atoms with Crippen LogP contribution in [-0.2, 0) is 6.18 Å². The van der Waals surface area contributed by atoms with Gasteiger partial charge in [-0.05, 0) is 17.8 Å². The summed E-state index contributed by atoms with van der Waals surface area (Å²) in [5.74, 6) is 0. The highest BCUT2D eigenvalue weighted by Gasteiger charge is 2.37. The van der Waals surface area contributed by atoms with Gasteiger partial charge in [-0.1, -0.05) is 30.3 Å². The van der Waals surface area contributed by atoms with E-state index in [9.17, 15) is 13.2 Å². The minimum absolute atomic E-state index is 0.0660. The molecule has 3 N–H and O–H groups in total. The SMILES string of the molecule is NC(=S)Nc1csc(C(F)(F)F)c1-c1ccccc1. The highest BCUT2D eigenvalue weighted by atomic mass is 32.1. The van der Waals surface area contributed by atoms with Crippen LogP contribution in [0.1, 0.15) is 4.88 Å². The summed E-state index contributed by atoms with van der Waals surface area (Å²) in [7, 11) is 0. The van der Waals surface area contributed by atoms with Crippen LogP contribution in [-0.4, -0.2) is 5.11 Å². The molecule has 0 amide bonds. The van der Waals surface area contributed by atoms with E-state index < -0.39 is 11.1 Å². The Bertz CT molecular complexity index is 591. The van der Waals surface area contributed by atoms with E-state index in [2.05, 4.69) is 17.5 Å². The second-order valence-corrected chi connectivity index (χ2v) is 5.03. The predicted octanol–water partition coefficient (Wildman–Crippen LogP) is 4.09. The normalized spacial score (nSPS) is 11.3. The van der Waals surface area contributed by atoms with Gasteiger partial charge in [0.25, 0.3) is 0 Å². The quantitative estimate of drug-likeness (QED) is 0.821. The smallest absolute Gasteiger partial charge is 0.376 e. The van der Waals surface area contributed by atoms with E-state index in [1.165, 1.54) is 5.38 Å². The molecule has 0 aliphatic rings. The highest BCUT2D eigenvalue weighted by molar-refractivity contribution is 7.80. The van der Waals surface area contributed by atoms with Crippen LogP contribution in [0.2, 0.25) is 0 Å². The molecule has 0 aliphatic heterocycles. The number of anilines is 1. The van der Waals surface area contributed by atoms with Gasteiger partial charge in [-0.3, -0.25) is 0 Å². The molecule has 1 aromatic carbocycles. The Morgan fingerprint density at radius 1 is 1.21 bits per heavy atom. The van der Waals surface area contributed by atoms with Crippen molar-refractivity contribution in [3.63, 3.8) is 0 Å². The highest BCUT2D eigenvalue weighted by Crippen LogP contribution is 2.45. The molecule has 2 rings (SSSR count). The Hall–Kier alpha value is -1.60. The maximum absolute atomic E-state index is 13.0. The number of thiocarbonyl (C=S) groups is 1. The molecule has 0 saturated carbocycles. The molecule has 7 heteroatoms. The number of thiophene rings is 1. The molecule has 1 heterocycles. The van der Waals surface area contributed by atoms with Crippen molar-refractivity contribution in [3.05, 3.63) is 40.6 Å². The Kier molecular flexibility index (Phi) is 3.77. The number of alkyl halides is 3. The van der Waals surface area contributed by atoms with Gasteiger partial charge in [0.2, 0.25) is 0 Å². The fourth-order valence-corrected chi connectivity index (χ4v) is 2.68. The number of hydrogen-bond donors (Lipinski definition) is 2. The van der Waals surface area contributed by atoms with Crippen molar-refractivity contribution in [1.29, 1.82) is 0 Å². The second kappa shape index (κ2) is 5.18. The average molecular weight is 302 g/mol. The third-order valence-electron chi connectivity index (χ3n) is 2.37. The molecule has 0 spiro atoms. The van der Waals surface area contributed by atoms with Gasteiger partial charge in [-0.15, -0.1) is 11.3 Å². The van der Waals surface area contributed by atoms with Crippen LogP contribution < -0.4 is 11.1 Å². The van der Waals surface area contributed by atoms with Gasteiger partial charge in [0.05, 0.1) is 5.69 Å². The molecule has 2 nitrogen and oxygen atoms in total. The Labute approximate surface area is 117 Å². The number of nitrogens with two attached hydrogens (primary N) is 1. The van der Waals surface area contributed by atoms with E-state index in [0.717, 1.165) is 0 Å². The lowest BCUT2D eigenvalue weighted by atomic mass is 10.0. The Balaban J connectivity index is 2.60. The van der Waals surface area contributed by atoms with Crippen LogP contribution in [0.3, 0.4) is 0 Å². The van der Waals surface area contributed by atoms with E-state index in [-0.39, 0.29) is 16.4 Å². The van der Waals surface area contributed by atoms with Crippen molar-refractivity contribution >= 4 is 34.4 Å². The second-order valence-electron chi connectivity index (χ2n) is 3.71. The molecule has 0 atom stereocenters. The molecule has 2 aromatic rings. The van der Waals surface area contributed by atoms with Crippen LogP contribution in [0, 0.1) is 0 Å². The molecular formula is C12H9F3N2S2. The zero-order valence-electron chi connectivity index (χ0n) is 9.49. The number of nitrogens with one attached hydrogen (secondary N) is 1. The molecule has 0 unspecified atom stereocenters. The summed E-state index contributed by atoms with van der Waals surface area (Å²) in [4.78, 5) is -0.669. The lowest BCUT2D eigenvalue weighted by Crippen LogP contribution is -2.19. The summed E-state index contributed by atoms with van der Waals surface area (Å²) in [5, 5.41) is 3.88. The van der Waals surface area contributed by atoms with Crippen LogP contribution in [0.4, 0.5) is 18.9 Å². The largest absolute Gasteiger partial charge is 0.426 e. The Morgan fingerprint density at radius 2 is 1.84 bits per heavy atom. The predicted molar refractivity (Wildman–Crippen MR) is 75.2 cm³/mol. The molecule has 1 aromatic heterocycles. The fraction of sp³-hybridized carbons (Fsp3) is 0.0833. The van der Waals surface area contributed by atoms with Crippen molar-refractivity contribution in [2.24, 2.45) is 5.73 Å². The van der Waals surface area contributed by atoms with Gasteiger partial charge in [0.15, 0.2) is 5.11 Å². The molecule has 0 fully saturated rings. The first kappa shape index (κ1) is 13.8. The summed E-state index contributed by atoms with van der Waals surface area (Å²) < 4.78 is 39.0. The minimum Gasteiger partial charge on any atom is -0.376 e. The molecule has 0 aliphatic carbocycles. The molecule has 19 heavy (non-hydrogen) atoms. The standard InChI is InChI=1S/C12H9F3N2S2/c13-12(14,15)10-9(7-4-2-1-3-5-7)8(6-19-10)17-11(16)18/h1-6H,(H3,16,17,18). The summed E-state index contributed by atoms with van der Waals surface area (Å²) in [5.41, 5.74) is 6.15. The lowest BCUT2D eigenvalue weighted by Gasteiger charge is -2.11. The van der Waals surface area contributed by atoms with Crippen molar-refractivity contribution in [2.75, 3.05) is 5.32 Å². The van der Waals surface area contributed by atoms with Gasteiger partial charge in [-0.25, -0.2) is 0 Å². The molecule has 100 valence electrons. The van der Waals surface area contributed by atoms with Crippen LogP contribution in [0.25, 0.3) is 11.1 Å². The number of rotatable bonds is 2. The fourth-order valence-electron chi connectivity index (χ4n) is 1.68. The number of benzene rings is 1. The van der Waals surface area contributed by atoms with Crippen molar-refractivity contribution in [2.45, 2.75) is 6.18 Å². The van der Waals surface area contributed by atoms with Gasteiger partial charge >= 0.3 is 6.18 Å². The Morgan fingerprint density at radius 3 is 2.37 bits per heavy atom. The van der Waals surface area contributed by atoms with Crippen molar-refractivity contribution in [3.8, 4) is 11.1 Å². The van der Waals surface area contributed by atoms with Crippen molar-refractivity contribution in [1.82, 2.24) is 0 Å². The topological polar surface area (TPSA) is 38.0 Å².